The Morgan fingerprint density at radius 2 is 0.800 bits per heavy atom. The molecule has 0 aromatic heterocycles. The molecule has 0 aromatic carbocycles. The quantitative estimate of drug-likeness (QED) is 0.0321. The van der Waals surface area contributed by atoms with Crippen molar-refractivity contribution in [2.45, 2.75) is 302 Å². The molecule has 0 heterocycles. The number of hydrogen-bond donors (Lipinski definition) is 3. The molecule has 6 heteroatoms. The van der Waals surface area contributed by atoms with Gasteiger partial charge in [-0.25, -0.2) is 0 Å². The first kappa shape index (κ1) is 67.0. The Kier molecular flexibility index (Phi) is 54.5. The summed E-state index contributed by atoms with van der Waals surface area (Å²) in [4.78, 5) is 26.3. The van der Waals surface area contributed by atoms with Crippen LogP contribution in [0, 0.1) is 0 Å². The highest BCUT2D eigenvalue weighted by atomic mass is 16.5. The van der Waals surface area contributed by atoms with Crippen molar-refractivity contribution in [1.82, 2.24) is 5.32 Å². The van der Waals surface area contributed by atoms with E-state index in [1.54, 1.807) is 0 Å². The van der Waals surface area contributed by atoms with Crippen LogP contribution in [-0.2, 0) is 14.3 Å². The Hall–Kier alpha value is -2.96. The Morgan fingerprint density at radius 1 is 0.443 bits per heavy atom. The molecule has 0 fully saturated rings. The first-order valence-electron chi connectivity index (χ1n) is 29.8. The normalized spacial score (nSPS) is 13.7. The van der Waals surface area contributed by atoms with E-state index in [9.17, 15) is 19.8 Å². The molecule has 3 atom stereocenters. The monoisotopic (exact) mass is 976 g/mol. The zero-order valence-electron chi connectivity index (χ0n) is 46.1. The summed E-state index contributed by atoms with van der Waals surface area (Å²) >= 11 is 0. The van der Waals surface area contributed by atoms with Gasteiger partial charge in [0.15, 0.2) is 0 Å². The van der Waals surface area contributed by atoms with Crippen molar-refractivity contribution in [2.24, 2.45) is 0 Å². The summed E-state index contributed by atoms with van der Waals surface area (Å²) in [5.74, 6) is -0.581. The minimum absolute atomic E-state index is 0.00474. The smallest absolute Gasteiger partial charge is 0.306 e. The van der Waals surface area contributed by atoms with E-state index in [-0.39, 0.29) is 24.9 Å². The van der Waals surface area contributed by atoms with Gasteiger partial charge in [0.2, 0.25) is 5.91 Å². The summed E-state index contributed by atoms with van der Waals surface area (Å²) in [6.07, 6.45) is 75.3. The molecule has 404 valence electrons. The fourth-order valence-electron chi connectivity index (χ4n) is 8.72. The van der Waals surface area contributed by atoms with Crippen molar-refractivity contribution >= 4 is 11.9 Å². The highest BCUT2D eigenvalue weighted by Gasteiger charge is 2.23. The molecule has 3 N–H and O–H groups in total. The van der Waals surface area contributed by atoms with Gasteiger partial charge in [-0.05, 0) is 77.0 Å². The van der Waals surface area contributed by atoms with Crippen LogP contribution in [0.25, 0.3) is 0 Å². The molecule has 0 saturated heterocycles. The van der Waals surface area contributed by atoms with Crippen molar-refractivity contribution in [1.29, 1.82) is 0 Å². The molecule has 0 rings (SSSR count). The van der Waals surface area contributed by atoms with Crippen molar-refractivity contribution in [2.75, 3.05) is 6.61 Å². The third kappa shape index (κ3) is 51.4. The van der Waals surface area contributed by atoms with Crippen LogP contribution >= 0.6 is 0 Å². The number of amides is 1. The maximum atomic E-state index is 13.3. The van der Waals surface area contributed by atoms with E-state index in [1.165, 1.54) is 161 Å². The van der Waals surface area contributed by atoms with Crippen LogP contribution in [0.4, 0.5) is 0 Å². The van der Waals surface area contributed by atoms with Crippen molar-refractivity contribution in [3.63, 3.8) is 0 Å². The van der Waals surface area contributed by atoms with Crippen LogP contribution in [0.15, 0.2) is 85.1 Å². The molecule has 0 aliphatic rings. The molecule has 0 saturated carbocycles. The standard InChI is InChI=1S/C64H113NO5/c1-4-7-10-13-16-19-22-25-28-30-31-33-36-39-42-45-48-51-54-57-64(69)70-60(55-52-49-46-43-40-37-34-27-24-21-18-15-12-9-6-3)58-63(68)65-61(59-66)62(67)56-53-50-47-44-41-38-35-32-29-26-23-20-17-14-11-8-5-2/h9,12,16,18-19,21,25,27-28,34,40,43,49,52,60-62,66-67H,4-8,10-11,13-15,17,20,22-24,26,29-33,35-39,41-42,44-48,50-51,53-59H2,1-3H3,(H,65,68)/b12-9-,19-16-,21-18-,28-25-,34-27-,43-40-,52-49-. The number of carbonyl (C=O) groups is 2. The van der Waals surface area contributed by atoms with Gasteiger partial charge in [0.25, 0.3) is 0 Å². The second kappa shape index (κ2) is 56.9. The van der Waals surface area contributed by atoms with Gasteiger partial charge in [-0.3, -0.25) is 9.59 Å². The number of esters is 1. The molecule has 0 radical (unpaired) electrons. The lowest BCUT2D eigenvalue weighted by Gasteiger charge is -2.24. The highest BCUT2D eigenvalue weighted by molar-refractivity contribution is 5.77. The lowest BCUT2D eigenvalue weighted by molar-refractivity contribution is -0.150. The van der Waals surface area contributed by atoms with Gasteiger partial charge in [0.05, 0.1) is 25.2 Å². The molecule has 0 aliphatic heterocycles. The number of nitrogens with one attached hydrogen (secondary N) is 1. The minimum Gasteiger partial charge on any atom is -0.461 e. The topological polar surface area (TPSA) is 95.9 Å². The Balaban J connectivity index is 4.63. The van der Waals surface area contributed by atoms with Gasteiger partial charge in [-0.15, -0.1) is 0 Å². The summed E-state index contributed by atoms with van der Waals surface area (Å²) in [6.45, 7) is 6.34. The van der Waals surface area contributed by atoms with E-state index in [2.05, 4.69) is 105 Å². The summed E-state index contributed by atoms with van der Waals surface area (Å²) in [5, 5.41) is 23.9. The summed E-state index contributed by atoms with van der Waals surface area (Å²) < 4.78 is 5.90. The zero-order chi connectivity index (χ0) is 50.9. The van der Waals surface area contributed by atoms with Gasteiger partial charge in [-0.2, -0.15) is 0 Å². The predicted octanol–water partition coefficient (Wildman–Crippen LogP) is 18.7. The van der Waals surface area contributed by atoms with E-state index >= 15 is 0 Å². The van der Waals surface area contributed by atoms with Crippen LogP contribution in [-0.4, -0.2) is 46.9 Å². The van der Waals surface area contributed by atoms with Crippen molar-refractivity contribution in [3.05, 3.63) is 85.1 Å². The number of aliphatic hydroxyl groups is 2. The molecule has 70 heavy (non-hydrogen) atoms. The SMILES string of the molecule is CC/C=C\C/C=C\C/C=C\C/C=C\C/C=C\CC(CC(=O)NC(CO)C(O)CCCCCCCCCCCCCCCCCCC)OC(=O)CCCCCCCCCCC/C=C\C/C=C\CCCCC. The minimum atomic E-state index is -0.818. The second-order valence-electron chi connectivity index (χ2n) is 20.0. The average molecular weight is 977 g/mol. The number of carbonyl (C=O) groups excluding carboxylic acids is 2. The fourth-order valence-corrected chi connectivity index (χ4v) is 8.72. The summed E-state index contributed by atoms with van der Waals surface area (Å²) in [5.41, 5.74) is 0. The van der Waals surface area contributed by atoms with E-state index in [0.29, 0.717) is 19.3 Å². The average Bonchev–Trinajstić information content (AvgIpc) is 3.35. The molecule has 0 spiro atoms. The molecule has 1 amide bonds. The molecule has 0 bridgehead atoms. The number of rotatable bonds is 53. The van der Waals surface area contributed by atoms with Gasteiger partial charge in [0.1, 0.15) is 6.10 Å². The third-order valence-electron chi connectivity index (χ3n) is 13.2. The number of unbranched alkanes of at least 4 members (excludes halogenated alkanes) is 28. The second-order valence-corrected chi connectivity index (χ2v) is 20.0. The lowest BCUT2D eigenvalue weighted by Crippen LogP contribution is -2.46. The summed E-state index contributed by atoms with van der Waals surface area (Å²) in [7, 11) is 0. The van der Waals surface area contributed by atoms with E-state index in [4.69, 9.17) is 4.74 Å². The highest BCUT2D eigenvalue weighted by Crippen LogP contribution is 2.17. The Bertz CT molecular complexity index is 1330. The molecule has 3 unspecified atom stereocenters. The third-order valence-corrected chi connectivity index (χ3v) is 13.2. The van der Waals surface area contributed by atoms with Crippen LogP contribution < -0.4 is 5.32 Å². The first-order valence-corrected chi connectivity index (χ1v) is 29.8. The van der Waals surface area contributed by atoms with Crippen LogP contribution in [0.5, 0.6) is 0 Å². The van der Waals surface area contributed by atoms with Crippen molar-refractivity contribution in [3.8, 4) is 0 Å². The van der Waals surface area contributed by atoms with Gasteiger partial charge < -0.3 is 20.3 Å². The maximum absolute atomic E-state index is 13.3. The predicted molar refractivity (Wildman–Crippen MR) is 305 cm³/mol. The maximum Gasteiger partial charge on any atom is 0.306 e. The van der Waals surface area contributed by atoms with Crippen molar-refractivity contribution < 1.29 is 24.5 Å². The summed E-state index contributed by atoms with van der Waals surface area (Å²) in [6, 6.07) is -0.738. The molecular formula is C64H113NO5. The van der Waals surface area contributed by atoms with Crippen LogP contribution in [0.2, 0.25) is 0 Å². The van der Waals surface area contributed by atoms with E-state index in [0.717, 1.165) is 77.0 Å². The van der Waals surface area contributed by atoms with Gasteiger partial charge in [-0.1, -0.05) is 273 Å². The van der Waals surface area contributed by atoms with Crippen LogP contribution in [0.1, 0.15) is 284 Å². The number of allylic oxidation sites excluding steroid dienone is 13. The number of hydrogen-bond acceptors (Lipinski definition) is 5. The van der Waals surface area contributed by atoms with Gasteiger partial charge >= 0.3 is 5.97 Å². The Labute approximate surface area is 433 Å². The number of ether oxygens (including phenoxy) is 1. The molecule has 0 aliphatic carbocycles. The largest absolute Gasteiger partial charge is 0.461 e. The first-order chi connectivity index (χ1) is 34.5. The molecule has 0 aromatic rings. The Morgan fingerprint density at radius 3 is 1.24 bits per heavy atom. The molecule has 6 nitrogen and oxygen atoms in total. The zero-order valence-corrected chi connectivity index (χ0v) is 46.1. The van der Waals surface area contributed by atoms with E-state index in [1.807, 2.05) is 6.08 Å². The van der Waals surface area contributed by atoms with E-state index < -0.39 is 18.2 Å². The molecular weight excluding hydrogens is 863 g/mol. The lowest BCUT2D eigenvalue weighted by atomic mass is 10.0. The van der Waals surface area contributed by atoms with Gasteiger partial charge in [0, 0.05) is 12.8 Å². The number of aliphatic hydroxyl groups excluding tert-OH is 2. The van der Waals surface area contributed by atoms with Crippen LogP contribution in [0.3, 0.4) is 0 Å². The fraction of sp³-hybridized carbons (Fsp3) is 0.750.